The first-order valence-electron chi connectivity index (χ1n) is 13.3. The molecule has 2 aliphatic carbocycles. The van der Waals surface area contributed by atoms with Gasteiger partial charge in [0, 0.05) is 30.9 Å². The molecule has 200 valence electrons. The van der Waals surface area contributed by atoms with Gasteiger partial charge in [-0.15, -0.1) is 0 Å². The molecule has 0 radical (unpaired) electrons. The zero-order chi connectivity index (χ0) is 26.5. The molecule has 1 saturated carbocycles. The van der Waals surface area contributed by atoms with Gasteiger partial charge in [0.25, 0.3) is 5.91 Å². The normalized spacial score (nSPS) is 20.0. The highest BCUT2D eigenvalue weighted by Crippen LogP contribution is 2.39. The van der Waals surface area contributed by atoms with Crippen LogP contribution in [0, 0.1) is 0 Å². The molecule has 2 atom stereocenters. The van der Waals surface area contributed by atoms with Crippen molar-refractivity contribution in [1.29, 1.82) is 0 Å². The maximum absolute atomic E-state index is 14.0. The van der Waals surface area contributed by atoms with Crippen molar-refractivity contribution < 1.29 is 28.9 Å². The molecule has 38 heavy (non-hydrogen) atoms. The summed E-state index contributed by atoms with van der Waals surface area (Å²) in [4.78, 5) is 32.1. The van der Waals surface area contributed by atoms with Crippen LogP contribution in [0.1, 0.15) is 55.2 Å². The van der Waals surface area contributed by atoms with E-state index in [4.69, 9.17) is 14.2 Å². The zero-order valence-electron chi connectivity index (χ0n) is 21.7. The lowest BCUT2D eigenvalue weighted by Gasteiger charge is -2.38. The Morgan fingerprint density at radius 3 is 2.63 bits per heavy atom. The summed E-state index contributed by atoms with van der Waals surface area (Å²) in [5, 5.41) is 10.2. The Bertz CT molecular complexity index is 1220. The fourth-order valence-corrected chi connectivity index (χ4v) is 5.53. The topological polar surface area (TPSA) is 98.2 Å². The van der Waals surface area contributed by atoms with Crippen molar-refractivity contribution in [2.75, 3.05) is 7.11 Å². The first-order valence-corrected chi connectivity index (χ1v) is 13.3. The summed E-state index contributed by atoms with van der Waals surface area (Å²) in [5.41, 5.74) is 3.45. The molecule has 0 spiro atoms. The van der Waals surface area contributed by atoms with Crippen LogP contribution < -0.4 is 9.47 Å². The average Bonchev–Trinajstić information content (AvgIpc) is 3.48. The van der Waals surface area contributed by atoms with Crippen molar-refractivity contribution in [3.63, 3.8) is 0 Å². The van der Waals surface area contributed by atoms with Gasteiger partial charge in [0.1, 0.15) is 12.6 Å². The second-order valence-electron chi connectivity index (χ2n) is 10.0. The van der Waals surface area contributed by atoms with E-state index >= 15 is 0 Å². The number of ether oxygens (including phenoxy) is 3. The van der Waals surface area contributed by atoms with Crippen LogP contribution in [-0.2, 0) is 33.9 Å². The van der Waals surface area contributed by atoms with Crippen molar-refractivity contribution in [2.24, 2.45) is 0 Å². The van der Waals surface area contributed by atoms with E-state index in [1.54, 1.807) is 19.5 Å². The predicted octanol–water partition coefficient (Wildman–Crippen LogP) is 4.61. The van der Waals surface area contributed by atoms with Gasteiger partial charge in [-0.2, -0.15) is 0 Å². The number of amides is 1. The van der Waals surface area contributed by atoms with Gasteiger partial charge in [0.15, 0.2) is 17.6 Å². The number of hydrogen-bond acceptors (Lipinski definition) is 6. The Balaban J connectivity index is 1.45. The van der Waals surface area contributed by atoms with Crippen molar-refractivity contribution in [2.45, 2.75) is 76.3 Å². The van der Waals surface area contributed by atoms with Crippen LogP contribution in [0.4, 0.5) is 0 Å². The van der Waals surface area contributed by atoms with E-state index in [9.17, 15) is 14.7 Å². The third kappa shape index (κ3) is 5.60. The van der Waals surface area contributed by atoms with Crippen LogP contribution in [0.25, 0.3) is 0 Å². The maximum atomic E-state index is 14.0. The molecule has 3 aliphatic rings. The van der Waals surface area contributed by atoms with Gasteiger partial charge < -0.3 is 24.2 Å². The van der Waals surface area contributed by atoms with E-state index in [0.717, 1.165) is 60.8 Å². The maximum Gasteiger partial charge on any atom is 0.326 e. The second kappa shape index (κ2) is 11.8. The lowest BCUT2D eigenvalue weighted by atomic mass is 9.91. The van der Waals surface area contributed by atoms with Crippen molar-refractivity contribution >= 4 is 11.9 Å². The first-order chi connectivity index (χ1) is 18.5. The number of pyridine rings is 1. The Morgan fingerprint density at radius 1 is 1.16 bits per heavy atom. The lowest BCUT2D eigenvalue weighted by molar-refractivity contribution is -0.158. The number of fused-ring (bicyclic) bond motifs is 1. The molecule has 0 saturated heterocycles. The molecule has 1 aliphatic heterocycles. The highest BCUT2D eigenvalue weighted by atomic mass is 16.5. The van der Waals surface area contributed by atoms with Gasteiger partial charge in [0.2, 0.25) is 0 Å². The number of aliphatic carboxylic acids is 1. The van der Waals surface area contributed by atoms with Crippen LogP contribution in [0.5, 0.6) is 11.5 Å². The van der Waals surface area contributed by atoms with Gasteiger partial charge in [-0.05, 0) is 60.6 Å². The zero-order valence-corrected chi connectivity index (χ0v) is 21.7. The smallest absolute Gasteiger partial charge is 0.326 e. The standard InChI is InChI=1S/C30H34N2O6/c1-36-26-12-11-22-18-32(29(33)27(21-7-3-2-4-8-21)38-23-9-5-6-10-23)25(30(34)35)17-24(22)28(26)37-19-20-13-15-31-16-14-20/h2-3,7,11-16,23,25,27H,4-6,8-10,17-19H2,1H3,(H,34,35)/t25-,27-/m1/s1. The molecule has 1 aromatic heterocycles. The minimum atomic E-state index is -1.05. The van der Waals surface area contributed by atoms with E-state index in [2.05, 4.69) is 11.1 Å². The first kappa shape index (κ1) is 26.0. The molecule has 0 unspecified atom stereocenters. The predicted molar refractivity (Wildman–Crippen MR) is 141 cm³/mol. The Hall–Kier alpha value is -3.65. The van der Waals surface area contributed by atoms with Crippen LogP contribution in [0.3, 0.4) is 0 Å². The quantitative estimate of drug-likeness (QED) is 0.518. The van der Waals surface area contributed by atoms with E-state index in [0.29, 0.717) is 11.5 Å². The van der Waals surface area contributed by atoms with Gasteiger partial charge >= 0.3 is 5.97 Å². The molecule has 0 bridgehead atoms. The number of carboxylic acids is 1. The summed E-state index contributed by atoms with van der Waals surface area (Å²) < 4.78 is 18.1. The number of methoxy groups -OCH3 is 1. The fraction of sp³-hybridized carbons (Fsp3) is 0.433. The third-order valence-electron chi connectivity index (χ3n) is 7.59. The van der Waals surface area contributed by atoms with E-state index in [1.165, 1.54) is 4.90 Å². The van der Waals surface area contributed by atoms with Crippen LogP contribution in [0.15, 0.2) is 60.5 Å². The number of benzene rings is 1. The Morgan fingerprint density at radius 2 is 1.95 bits per heavy atom. The molecule has 2 aromatic rings. The number of carbonyl (C=O) groups is 2. The van der Waals surface area contributed by atoms with E-state index in [-0.39, 0.29) is 31.6 Å². The number of aromatic nitrogens is 1. The van der Waals surface area contributed by atoms with Crippen molar-refractivity contribution in [1.82, 2.24) is 9.88 Å². The van der Waals surface area contributed by atoms with Crippen LogP contribution >= 0.6 is 0 Å². The highest BCUT2D eigenvalue weighted by Gasteiger charge is 2.41. The molecular weight excluding hydrogens is 484 g/mol. The van der Waals surface area contributed by atoms with E-state index < -0.39 is 18.1 Å². The number of hydrogen-bond donors (Lipinski definition) is 1. The molecule has 1 amide bonds. The summed E-state index contributed by atoms with van der Waals surface area (Å²) in [6, 6.07) is 6.39. The lowest BCUT2D eigenvalue weighted by Crippen LogP contribution is -2.53. The van der Waals surface area contributed by atoms with Crippen molar-refractivity contribution in [3.05, 3.63) is 77.2 Å². The molecule has 2 heterocycles. The summed E-state index contributed by atoms with van der Waals surface area (Å²) in [7, 11) is 1.56. The molecule has 8 heteroatoms. The monoisotopic (exact) mass is 518 g/mol. The SMILES string of the molecule is COc1ccc2c(c1OCc1ccncc1)C[C@H](C(=O)O)N(C(=O)[C@H](OC1CCCC1)C1=CC=CCC1)C2. The minimum absolute atomic E-state index is 0.0218. The summed E-state index contributed by atoms with van der Waals surface area (Å²) in [5.74, 6) is -0.294. The van der Waals surface area contributed by atoms with Crippen molar-refractivity contribution in [3.8, 4) is 11.5 Å². The van der Waals surface area contributed by atoms with Gasteiger partial charge in [-0.1, -0.05) is 37.1 Å². The molecular formula is C30H34N2O6. The number of carboxylic acid groups (broad SMARTS) is 1. The highest BCUT2D eigenvalue weighted by molar-refractivity contribution is 5.89. The molecule has 5 rings (SSSR count). The molecule has 1 N–H and O–H groups in total. The minimum Gasteiger partial charge on any atom is -0.493 e. The Kier molecular flexibility index (Phi) is 8.08. The Labute approximate surface area is 222 Å². The molecule has 1 fully saturated rings. The van der Waals surface area contributed by atoms with E-state index in [1.807, 2.05) is 36.4 Å². The van der Waals surface area contributed by atoms with Gasteiger partial charge in [-0.25, -0.2) is 4.79 Å². The number of carbonyl (C=O) groups excluding carboxylic acids is 1. The average molecular weight is 519 g/mol. The number of nitrogens with zero attached hydrogens (tertiary/aromatic N) is 2. The second-order valence-corrected chi connectivity index (χ2v) is 10.0. The van der Waals surface area contributed by atoms with Crippen LogP contribution in [-0.4, -0.2) is 52.2 Å². The molecule has 8 nitrogen and oxygen atoms in total. The van der Waals surface area contributed by atoms with Crippen LogP contribution in [0.2, 0.25) is 0 Å². The van der Waals surface area contributed by atoms with Gasteiger partial charge in [-0.3, -0.25) is 9.78 Å². The fourth-order valence-electron chi connectivity index (χ4n) is 5.53. The summed E-state index contributed by atoms with van der Waals surface area (Å²) in [6.07, 6.45) is 14.3. The molecule has 1 aromatic carbocycles. The third-order valence-corrected chi connectivity index (χ3v) is 7.59. The number of allylic oxidation sites excluding steroid dienone is 3. The summed E-state index contributed by atoms with van der Waals surface area (Å²) in [6.45, 7) is 0.448. The van der Waals surface area contributed by atoms with Gasteiger partial charge in [0.05, 0.1) is 13.2 Å². The summed E-state index contributed by atoms with van der Waals surface area (Å²) >= 11 is 0. The number of rotatable bonds is 9. The largest absolute Gasteiger partial charge is 0.493 e.